The molecule has 4 rings (SSSR count). The highest BCUT2D eigenvalue weighted by Gasteiger charge is 2.24. The number of carbonyl (C=O) groups is 1. The molecule has 0 fully saturated rings. The molecule has 2 aromatic carbocycles. The van der Waals surface area contributed by atoms with Gasteiger partial charge in [-0.05, 0) is 49.7 Å². The Hall–Kier alpha value is -2.86. The van der Waals surface area contributed by atoms with Crippen LogP contribution in [0.4, 0.5) is 10.5 Å². The van der Waals surface area contributed by atoms with Crippen molar-refractivity contribution in [1.29, 1.82) is 0 Å². The number of hydrogen-bond acceptors (Lipinski definition) is 4. The topological polar surface area (TPSA) is 54.5 Å². The van der Waals surface area contributed by atoms with Crippen molar-refractivity contribution in [2.75, 3.05) is 19.0 Å². The van der Waals surface area contributed by atoms with E-state index in [1.165, 1.54) is 5.56 Å². The van der Waals surface area contributed by atoms with E-state index < -0.39 is 0 Å². The second-order valence-corrected chi connectivity index (χ2v) is 8.12. The molecule has 0 aliphatic carbocycles. The number of ether oxygens (including phenoxy) is 1. The second kappa shape index (κ2) is 7.64. The van der Waals surface area contributed by atoms with Crippen molar-refractivity contribution in [3.63, 3.8) is 0 Å². The Morgan fingerprint density at radius 1 is 1.18 bits per heavy atom. The number of nitrogens with one attached hydrogen (secondary N) is 1. The lowest BCUT2D eigenvalue weighted by molar-refractivity contribution is 0.207. The third-order valence-electron chi connectivity index (χ3n) is 4.98. The van der Waals surface area contributed by atoms with Crippen LogP contribution in [0.2, 0.25) is 0 Å². The van der Waals surface area contributed by atoms with Crippen LogP contribution in [0.15, 0.2) is 42.5 Å². The molecule has 1 N–H and O–H groups in total. The SMILES string of the molecule is COc1ccc(-c2nc3c(s2)CN(C(=O)Nc2ccc(C)cc2C)CC3)cc1. The Kier molecular flexibility index (Phi) is 5.05. The van der Waals surface area contributed by atoms with Crippen molar-refractivity contribution < 1.29 is 9.53 Å². The molecule has 3 aromatic rings. The minimum atomic E-state index is -0.0583. The maximum absolute atomic E-state index is 12.7. The van der Waals surface area contributed by atoms with Crippen LogP contribution in [0.3, 0.4) is 0 Å². The predicted molar refractivity (Wildman–Crippen MR) is 113 cm³/mol. The van der Waals surface area contributed by atoms with E-state index in [0.717, 1.165) is 44.6 Å². The normalized spacial score (nSPS) is 13.2. The van der Waals surface area contributed by atoms with E-state index in [1.54, 1.807) is 18.4 Å². The third kappa shape index (κ3) is 3.73. The zero-order chi connectivity index (χ0) is 19.7. The molecule has 2 amide bonds. The molecule has 2 heterocycles. The fraction of sp³-hybridized carbons (Fsp3) is 0.273. The number of amides is 2. The van der Waals surface area contributed by atoms with Crippen LogP contribution in [0, 0.1) is 13.8 Å². The summed E-state index contributed by atoms with van der Waals surface area (Å²) in [5.74, 6) is 0.833. The van der Waals surface area contributed by atoms with Gasteiger partial charge in [0.2, 0.25) is 0 Å². The van der Waals surface area contributed by atoms with Crippen LogP contribution in [-0.4, -0.2) is 29.6 Å². The number of methoxy groups -OCH3 is 1. The quantitative estimate of drug-likeness (QED) is 0.679. The summed E-state index contributed by atoms with van der Waals surface area (Å²) in [5, 5.41) is 4.04. The first-order valence-corrected chi connectivity index (χ1v) is 10.1. The summed E-state index contributed by atoms with van der Waals surface area (Å²) in [6, 6.07) is 13.9. The van der Waals surface area contributed by atoms with E-state index in [1.807, 2.05) is 48.2 Å². The van der Waals surface area contributed by atoms with Gasteiger partial charge in [0.15, 0.2) is 0 Å². The van der Waals surface area contributed by atoms with Gasteiger partial charge in [-0.3, -0.25) is 0 Å². The van der Waals surface area contributed by atoms with Gasteiger partial charge < -0.3 is 15.0 Å². The molecule has 28 heavy (non-hydrogen) atoms. The zero-order valence-corrected chi connectivity index (χ0v) is 17.1. The number of rotatable bonds is 3. The average molecular weight is 394 g/mol. The van der Waals surface area contributed by atoms with Crippen molar-refractivity contribution in [3.05, 3.63) is 64.2 Å². The number of fused-ring (bicyclic) bond motifs is 1. The van der Waals surface area contributed by atoms with Crippen LogP contribution >= 0.6 is 11.3 Å². The van der Waals surface area contributed by atoms with E-state index >= 15 is 0 Å². The Morgan fingerprint density at radius 3 is 2.68 bits per heavy atom. The van der Waals surface area contributed by atoms with E-state index in [0.29, 0.717) is 13.1 Å². The summed E-state index contributed by atoms with van der Waals surface area (Å²) in [6.45, 7) is 5.34. The van der Waals surface area contributed by atoms with Gasteiger partial charge in [0.1, 0.15) is 10.8 Å². The lowest BCUT2D eigenvalue weighted by Crippen LogP contribution is -2.38. The van der Waals surface area contributed by atoms with Gasteiger partial charge in [0.05, 0.1) is 19.3 Å². The minimum absolute atomic E-state index is 0.0583. The Labute approximate surface area is 169 Å². The molecule has 0 spiro atoms. The van der Waals surface area contributed by atoms with Crippen molar-refractivity contribution in [3.8, 4) is 16.3 Å². The number of aromatic nitrogens is 1. The van der Waals surface area contributed by atoms with Gasteiger partial charge in [-0.15, -0.1) is 11.3 Å². The number of benzene rings is 2. The largest absolute Gasteiger partial charge is 0.497 e. The van der Waals surface area contributed by atoms with Crippen LogP contribution in [0.5, 0.6) is 5.75 Å². The van der Waals surface area contributed by atoms with Crippen LogP contribution in [0.25, 0.3) is 10.6 Å². The molecule has 6 heteroatoms. The van der Waals surface area contributed by atoms with Gasteiger partial charge >= 0.3 is 6.03 Å². The Balaban J connectivity index is 1.48. The first-order chi connectivity index (χ1) is 13.5. The molecule has 0 radical (unpaired) electrons. The third-order valence-corrected chi connectivity index (χ3v) is 6.11. The number of anilines is 1. The fourth-order valence-electron chi connectivity index (χ4n) is 3.37. The standard InChI is InChI=1S/C22H23N3O2S/c1-14-4-9-18(15(2)12-14)24-22(26)25-11-10-19-20(13-25)28-21(23-19)16-5-7-17(27-3)8-6-16/h4-9,12H,10-11,13H2,1-3H3,(H,24,26). The van der Waals surface area contributed by atoms with Crippen molar-refractivity contribution in [2.24, 2.45) is 0 Å². The molecule has 1 aromatic heterocycles. The molecule has 0 saturated heterocycles. The number of urea groups is 1. The second-order valence-electron chi connectivity index (χ2n) is 7.04. The maximum Gasteiger partial charge on any atom is 0.322 e. The highest BCUT2D eigenvalue weighted by Crippen LogP contribution is 2.32. The van der Waals surface area contributed by atoms with Gasteiger partial charge in [0.25, 0.3) is 0 Å². The smallest absolute Gasteiger partial charge is 0.322 e. The van der Waals surface area contributed by atoms with Crippen molar-refractivity contribution >= 4 is 23.1 Å². The lowest BCUT2D eigenvalue weighted by Gasteiger charge is -2.26. The highest BCUT2D eigenvalue weighted by molar-refractivity contribution is 7.15. The summed E-state index contributed by atoms with van der Waals surface area (Å²) < 4.78 is 5.22. The molecule has 5 nitrogen and oxygen atoms in total. The summed E-state index contributed by atoms with van der Waals surface area (Å²) in [7, 11) is 1.66. The number of thiazole rings is 1. The van der Waals surface area contributed by atoms with Gasteiger partial charge in [-0.2, -0.15) is 0 Å². The van der Waals surface area contributed by atoms with Crippen LogP contribution in [0.1, 0.15) is 21.7 Å². The summed E-state index contributed by atoms with van der Waals surface area (Å²) in [5.41, 5.74) is 5.31. The zero-order valence-electron chi connectivity index (χ0n) is 16.3. The average Bonchev–Trinajstić information content (AvgIpc) is 3.13. The Bertz CT molecular complexity index is 1010. The molecular weight excluding hydrogens is 370 g/mol. The number of nitrogens with zero attached hydrogens (tertiary/aromatic N) is 2. The number of aryl methyl sites for hydroxylation is 2. The molecule has 144 valence electrons. The molecule has 1 aliphatic heterocycles. The first-order valence-electron chi connectivity index (χ1n) is 9.29. The predicted octanol–water partition coefficient (Wildman–Crippen LogP) is 5.03. The van der Waals surface area contributed by atoms with Crippen LogP contribution < -0.4 is 10.1 Å². The van der Waals surface area contributed by atoms with Crippen molar-refractivity contribution in [2.45, 2.75) is 26.8 Å². The summed E-state index contributed by atoms with van der Waals surface area (Å²) in [4.78, 5) is 20.6. The molecule has 0 bridgehead atoms. The molecular formula is C22H23N3O2S. The molecule has 0 atom stereocenters. The van der Waals surface area contributed by atoms with E-state index in [9.17, 15) is 4.79 Å². The van der Waals surface area contributed by atoms with Crippen LogP contribution in [-0.2, 0) is 13.0 Å². The van der Waals surface area contributed by atoms with Gasteiger partial charge in [-0.1, -0.05) is 17.7 Å². The fourth-order valence-corrected chi connectivity index (χ4v) is 4.50. The van der Waals surface area contributed by atoms with Gasteiger partial charge in [-0.25, -0.2) is 9.78 Å². The Morgan fingerprint density at radius 2 is 1.96 bits per heavy atom. The maximum atomic E-state index is 12.7. The molecule has 0 saturated carbocycles. The number of carbonyl (C=O) groups excluding carboxylic acids is 1. The number of hydrogen-bond donors (Lipinski definition) is 1. The molecule has 1 aliphatic rings. The van der Waals surface area contributed by atoms with E-state index in [4.69, 9.17) is 9.72 Å². The van der Waals surface area contributed by atoms with E-state index in [2.05, 4.69) is 18.3 Å². The van der Waals surface area contributed by atoms with Crippen molar-refractivity contribution in [1.82, 2.24) is 9.88 Å². The summed E-state index contributed by atoms with van der Waals surface area (Å²) in [6.07, 6.45) is 0.780. The monoisotopic (exact) mass is 393 g/mol. The van der Waals surface area contributed by atoms with Gasteiger partial charge in [0, 0.05) is 29.1 Å². The summed E-state index contributed by atoms with van der Waals surface area (Å²) >= 11 is 1.66. The first kappa shape index (κ1) is 18.5. The molecule has 0 unspecified atom stereocenters. The minimum Gasteiger partial charge on any atom is -0.497 e. The van der Waals surface area contributed by atoms with E-state index in [-0.39, 0.29) is 6.03 Å². The lowest BCUT2D eigenvalue weighted by atomic mass is 10.1. The highest BCUT2D eigenvalue weighted by atomic mass is 32.1.